The Morgan fingerprint density at radius 2 is 2.19 bits per heavy atom. The number of hydrogen-bond acceptors (Lipinski definition) is 2. The maximum atomic E-state index is 13.6. The van der Waals surface area contributed by atoms with Crippen molar-refractivity contribution >= 4 is 0 Å². The van der Waals surface area contributed by atoms with E-state index in [2.05, 4.69) is 10.4 Å². The number of halogens is 1. The molecule has 0 spiro atoms. The Bertz CT molecular complexity index is 519. The molecule has 0 amide bonds. The summed E-state index contributed by atoms with van der Waals surface area (Å²) in [4.78, 5) is 0. The van der Waals surface area contributed by atoms with Crippen molar-refractivity contribution in [3.05, 3.63) is 47.5 Å². The Hall–Kier alpha value is -1.68. The average molecular weight is 217 g/mol. The summed E-state index contributed by atoms with van der Waals surface area (Å²) < 4.78 is 15.4. The molecule has 16 heavy (non-hydrogen) atoms. The van der Waals surface area contributed by atoms with Crippen LogP contribution in [0, 0.1) is 5.82 Å². The summed E-state index contributed by atoms with van der Waals surface area (Å²) in [5, 5.41) is 7.54. The van der Waals surface area contributed by atoms with Crippen LogP contribution in [0.15, 0.2) is 30.5 Å². The minimum Gasteiger partial charge on any atom is -0.312 e. The number of para-hydroxylation sites is 1. The van der Waals surface area contributed by atoms with Gasteiger partial charge in [-0.1, -0.05) is 12.1 Å². The molecule has 0 bridgehead atoms. The number of hydrogen-bond donors (Lipinski definition) is 1. The average Bonchev–Trinajstić information content (AvgIpc) is 2.74. The summed E-state index contributed by atoms with van der Waals surface area (Å²) in [5.74, 6) is -0.230. The van der Waals surface area contributed by atoms with Gasteiger partial charge >= 0.3 is 0 Å². The summed E-state index contributed by atoms with van der Waals surface area (Å²) in [6, 6.07) is 6.74. The van der Waals surface area contributed by atoms with Crippen LogP contribution >= 0.6 is 0 Å². The van der Waals surface area contributed by atoms with Crippen LogP contribution in [0.4, 0.5) is 4.39 Å². The maximum Gasteiger partial charge on any atom is 0.148 e. The molecule has 82 valence electrons. The number of benzene rings is 1. The lowest BCUT2D eigenvalue weighted by molar-refractivity contribution is 0.591. The van der Waals surface area contributed by atoms with Gasteiger partial charge in [-0.25, -0.2) is 9.07 Å². The quantitative estimate of drug-likeness (QED) is 0.787. The van der Waals surface area contributed by atoms with Crippen molar-refractivity contribution in [3.63, 3.8) is 0 Å². The van der Waals surface area contributed by atoms with Gasteiger partial charge in [-0.15, -0.1) is 0 Å². The van der Waals surface area contributed by atoms with Gasteiger partial charge < -0.3 is 5.32 Å². The summed E-state index contributed by atoms with van der Waals surface area (Å²) in [6.07, 6.45) is 2.71. The zero-order valence-electron chi connectivity index (χ0n) is 8.78. The van der Waals surface area contributed by atoms with Crippen LogP contribution in [-0.4, -0.2) is 16.3 Å². The van der Waals surface area contributed by atoms with Crippen LogP contribution in [0.25, 0.3) is 5.69 Å². The van der Waals surface area contributed by atoms with E-state index in [4.69, 9.17) is 0 Å². The second kappa shape index (κ2) is 3.72. The molecule has 2 heterocycles. The predicted octanol–water partition coefficient (Wildman–Crippen LogP) is 1.66. The lowest BCUT2D eigenvalue weighted by Crippen LogP contribution is -2.24. The van der Waals surface area contributed by atoms with Crippen LogP contribution in [0.3, 0.4) is 0 Å². The second-order valence-electron chi connectivity index (χ2n) is 3.91. The summed E-state index contributed by atoms with van der Waals surface area (Å²) >= 11 is 0. The van der Waals surface area contributed by atoms with E-state index in [0.29, 0.717) is 5.69 Å². The first-order valence-electron chi connectivity index (χ1n) is 5.37. The van der Waals surface area contributed by atoms with E-state index in [0.717, 1.165) is 30.8 Å². The van der Waals surface area contributed by atoms with Crippen molar-refractivity contribution in [2.24, 2.45) is 0 Å². The van der Waals surface area contributed by atoms with Gasteiger partial charge in [0.2, 0.25) is 0 Å². The van der Waals surface area contributed by atoms with Crippen molar-refractivity contribution in [1.29, 1.82) is 0 Å². The van der Waals surface area contributed by atoms with Gasteiger partial charge in [0.05, 0.1) is 11.9 Å². The SMILES string of the molecule is Fc1ccccc1-n1ncc2c1CCNC2. The first-order chi connectivity index (χ1) is 7.86. The summed E-state index contributed by atoms with van der Waals surface area (Å²) in [6.45, 7) is 1.75. The van der Waals surface area contributed by atoms with Gasteiger partial charge in [0.15, 0.2) is 0 Å². The molecule has 0 aliphatic carbocycles. The topological polar surface area (TPSA) is 29.9 Å². The predicted molar refractivity (Wildman–Crippen MR) is 58.9 cm³/mol. The van der Waals surface area contributed by atoms with Crippen LogP contribution in [0.5, 0.6) is 0 Å². The van der Waals surface area contributed by atoms with E-state index in [-0.39, 0.29) is 5.82 Å². The summed E-state index contributed by atoms with van der Waals surface area (Å²) in [7, 11) is 0. The first kappa shape index (κ1) is 9.54. The van der Waals surface area contributed by atoms with Gasteiger partial charge in [0.1, 0.15) is 11.5 Å². The zero-order valence-corrected chi connectivity index (χ0v) is 8.78. The van der Waals surface area contributed by atoms with Gasteiger partial charge in [-0.05, 0) is 12.1 Å². The molecule has 1 aliphatic rings. The van der Waals surface area contributed by atoms with Crippen LogP contribution in [0.2, 0.25) is 0 Å². The third-order valence-electron chi connectivity index (χ3n) is 2.89. The molecule has 4 heteroatoms. The Kier molecular flexibility index (Phi) is 2.22. The molecule has 0 unspecified atom stereocenters. The van der Waals surface area contributed by atoms with E-state index in [1.54, 1.807) is 16.8 Å². The number of nitrogens with one attached hydrogen (secondary N) is 1. The molecule has 0 saturated carbocycles. The molecule has 1 N–H and O–H groups in total. The Morgan fingerprint density at radius 3 is 3.06 bits per heavy atom. The molecule has 1 aromatic carbocycles. The van der Waals surface area contributed by atoms with Crippen molar-refractivity contribution < 1.29 is 4.39 Å². The van der Waals surface area contributed by atoms with Crippen molar-refractivity contribution in [2.45, 2.75) is 13.0 Å². The smallest absolute Gasteiger partial charge is 0.148 e. The Labute approximate surface area is 92.9 Å². The molecule has 0 radical (unpaired) electrons. The minimum absolute atomic E-state index is 0.230. The molecule has 0 fully saturated rings. The standard InChI is InChI=1S/C12H12FN3/c13-10-3-1-2-4-12(10)16-11-5-6-14-7-9(11)8-15-16/h1-4,8,14H,5-7H2. The van der Waals surface area contributed by atoms with Crippen molar-refractivity contribution in [3.8, 4) is 5.69 Å². The van der Waals surface area contributed by atoms with E-state index in [9.17, 15) is 4.39 Å². The molecule has 2 aromatic rings. The largest absolute Gasteiger partial charge is 0.312 e. The fourth-order valence-corrected chi connectivity index (χ4v) is 2.08. The normalized spacial score (nSPS) is 14.8. The molecule has 0 saturated heterocycles. The van der Waals surface area contributed by atoms with Crippen molar-refractivity contribution in [1.82, 2.24) is 15.1 Å². The Balaban J connectivity index is 2.13. The van der Waals surface area contributed by atoms with Crippen LogP contribution in [0.1, 0.15) is 11.3 Å². The molecule has 0 atom stereocenters. The molecule has 3 rings (SSSR count). The minimum atomic E-state index is -0.230. The lowest BCUT2D eigenvalue weighted by atomic mass is 10.1. The monoisotopic (exact) mass is 217 g/mol. The number of rotatable bonds is 1. The third-order valence-corrected chi connectivity index (χ3v) is 2.89. The maximum absolute atomic E-state index is 13.6. The van der Waals surface area contributed by atoms with E-state index < -0.39 is 0 Å². The van der Waals surface area contributed by atoms with E-state index >= 15 is 0 Å². The molecule has 1 aliphatic heterocycles. The van der Waals surface area contributed by atoms with Crippen LogP contribution < -0.4 is 5.32 Å². The van der Waals surface area contributed by atoms with Gasteiger partial charge in [-0.2, -0.15) is 5.10 Å². The third kappa shape index (κ3) is 1.42. The Morgan fingerprint density at radius 1 is 1.31 bits per heavy atom. The second-order valence-corrected chi connectivity index (χ2v) is 3.91. The van der Waals surface area contributed by atoms with Crippen molar-refractivity contribution in [2.75, 3.05) is 6.54 Å². The van der Waals surface area contributed by atoms with E-state index in [1.165, 1.54) is 6.07 Å². The molecule has 1 aromatic heterocycles. The highest BCUT2D eigenvalue weighted by molar-refractivity contribution is 5.37. The lowest BCUT2D eigenvalue weighted by Gasteiger charge is -2.15. The number of aromatic nitrogens is 2. The first-order valence-corrected chi connectivity index (χ1v) is 5.37. The van der Waals surface area contributed by atoms with Crippen LogP contribution in [-0.2, 0) is 13.0 Å². The number of fused-ring (bicyclic) bond motifs is 1. The van der Waals surface area contributed by atoms with Gasteiger partial charge in [-0.3, -0.25) is 0 Å². The highest BCUT2D eigenvalue weighted by Gasteiger charge is 2.16. The zero-order chi connectivity index (χ0) is 11.0. The van der Waals surface area contributed by atoms with Gasteiger partial charge in [0.25, 0.3) is 0 Å². The highest BCUT2D eigenvalue weighted by atomic mass is 19.1. The highest BCUT2D eigenvalue weighted by Crippen LogP contribution is 2.19. The molecular weight excluding hydrogens is 205 g/mol. The van der Waals surface area contributed by atoms with E-state index in [1.807, 2.05) is 12.3 Å². The molecule has 3 nitrogen and oxygen atoms in total. The fourth-order valence-electron chi connectivity index (χ4n) is 2.08. The number of nitrogens with zero attached hydrogens (tertiary/aromatic N) is 2. The van der Waals surface area contributed by atoms with Gasteiger partial charge in [0, 0.05) is 25.1 Å². The fraction of sp³-hybridized carbons (Fsp3) is 0.250. The summed E-state index contributed by atoms with van der Waals surface area (Å²) in [5.41, 5.74) is 2.81. The molecular formula is C12H12FN3.